The first-order valence-electron chi connectivity index (χ1n) is 5.85. The molecule has 17 heavy (non-hydrogen) atoms. The number of nitrogens with zero attached hydrogens (tertiary/aromatic N) is 1. The molecule has 1 aromatic rings. The van der Waals surface area contributed by atoms with E-state index in [9.17, 15) is 9.59 Å². The Kier molecular flexibility index (Phi) is 3.58. The quantitative estimate of drug-likeness (QED) is 0.800. The Morgan fingerprint density at radius 3 is 3.06 bits per heavy atom. The summed E-state index contributed by atoms with van der Waals surface area (Å²) in [7, 11) is 1.66. The van der Waals surface area contributed by atoms with Crippen LogP contribution in [-0.2, 0) is 11.8 Å². The third-order valence-corrected chi connectivity index (χ3v) is 2.96. The molecule has 0 aromatic carbocycles. The fourth-order valence-electron chi connectivity index (χ4n) is 2.03. The molecular weight excluding hydrogens is 218 g/mol. The first kappa shape index (κ1) is 11.9. The Balaban J connectivity index is 1.93. The molecule has 1 aliphatic heterocycles. The van der Waals surface area contributed by atoms with Crippen LogP contribution in [0.25, 0.3) is 0 Å². The molecule has 1 saturated heterocycles. The molecule has 5 nitrogen and oxygen atoms in total. The maximum atomic E-state index is 11.7. The van der Waals surface area contributed by atoms with Gasteiger partial charge >= 0.3 is 0 Å². The van der Waals surface area contributed by atoms with Crippen molar-refractivity contribution in [2.45, 2.75) is 25.3 Å². The Labute approximate surface area is 99.8 Å². The minimum Gasteiger partial charge on any atom is -0.325 e. The summed E-state index contributed by atoms with van der Waals surface area (Å²) in [5.41, 5.74) is 0.579. The molecule has 5 heteroatoms. The average Bonchev–Trinajstić information content (AvgIpc) is 2.76. The van der Waals surface area contributed by atoms with E-state index in [1.807, 2.05) is 0 Å². The normalized spacial score (nSPS) is 19.2. The van der Waals surface area contributed by atoms with Gasteiger partial charge in [-0.1, -0.05) is 0 Å². The second kappa shape index (κ2) is 5.14. The van der Waals surface area contributed by atoms with E-state index < -0.39 is 0 Å². The van der Waals surface area contributed by atoms with Crippen molar-refractivity contribution < 1.29 is 4.79 Å². The van der Waals surface area contributed by atoms with Gasteiger partial charge in [0.15, 0.2) is 0 Å². The zero-order valence-electron chi connectivity index (χ0n) is 9.90. The van der Waals surface area contributed by atoms with E-state index in [1.54, 1.807) is 19.3 Å². The van der Waals surface area contributed by atoms with Gasteiger partial charge in [-0.3, -0.25) is 9.59 Å². The van der Waals surface area contributed by atoms with Gasteiger partial charge in [0.25, 0.3) is 0 Å². The first-order chi connectivity index (χ1) is 8.15. The number of aromatic nitrogens is 1. The summed E-state index contributed by atoms with van der Waals surface area (Å²) in [5.74, 6) is -0.0111. The van der Waals surface area contributed by atoms with Crippen LogP contribution < -0.4 is 16.2 Å². The number of pyridine rings is 1. The van der Waals surface area contributed by atoms with Gasteiger partial charge in [-0.15, -0.1) is 0 Å². The smallest absolute Gasteiger partial charge is 0.250 e. The van der Waals surface area contributed by atoms with Gasteiger partial charge in [0, 0.05) is 31.8 Å². The fourth-order valence-corrected chi connectivity index (χ4v) is 2.03. The van der Waals surface area contributed by atoms with E-state index >= 15 is 0 Å². The summed E-state index contributed by atoms with van der Waals surface area (Å²) in [5, 5.41) is 6.08. The van der Waals surface area contributed by atoms with Gasteiger partial charge in [-0.05, 0) is 25.5 Å². The average molecular weight is 235 g/mol. The first-order valence-corrected chi connectivity index (χ1v) is 5.85. The van der Waals surface area contributed by atoms with E-state index in [0.29, 0.717) is 18.2 Å². The van der Waals surface area contributed by atoms with Gasteiger partial charge in [0.2, 0.25) is 11.5 Å². The SMILES string of the molecule is Cn1cc(NC(=O)CC2CCCN2)ccc1=O. The highest BCUT2D eigenvalue weighted by molar-refractivity contribution is 5.90. The third-order valence-electron chi connectivity index (χ3n) is 2.96. The predicted molar refractivity (Wildman–Crippen MR) is 66.0 cm³/mol. The van der Waals surface area contributed by atoms with Crippen molar-refractivity contribution in [3.05, 3.63) is 28.7 Å². The number of hydrogen-bond acceptors (Lipinski definition) is 3. The largest absolute Gasteiger partial charge is 0.325 e. The number of nitrogens with one attached hydrogen (secondary N) is 2. The lowest BCUT2D eigenvalue weighted by Crippen LogP contribution is -2.27. The van der Waals surface area contributed by atoms with Crippen LogP contribution in [-0.4, -0.2) is 23.1 Å². The van der Waals surface area contributed by atoms with E-state index in [4.69, 9.17) is 0 Å². The Bertz CT molecular complexity index is 461. The minimum absolute atomic E-state index is 0.0111. The van der Waals surface area contributed by atoms with Crippen LogP contribution in [0, 0.1) is 0 Å². The van der Waals surface area contributed by atoms with Crippen molar-refractivity contribution in [3.63, 3.8) is 0 Å². The Morgan fingerprint density at radius 1 is 1.59 bits per heavy atom. The number of hydrogen-bond donors (Lipinski definition) is 2. The minimum atomic E-state index is -0.0829. The summed E-state index contributed by atoms with van der Waals surface area (Å²) in [6, 6.07) is 3.37. The molecule has 1 aliphatic rings. The summed E-state index contributed by atoms with van der Waals surface area (Å²) in [6.45, 7) is 0.998. The molecule has 2 heterocycles. The lowest BCUT2D eigenvalue weighted by molar-refractivity contribution is -0.116. The summed E-state index contributed by atoms with van der Waals surface area (Å²) in [4.78, 5) is 22.9. The molecular formula is C12H17N3O2. The molecule has 1 amide bonds. The van der Waals surface area contributed by atoms with Gasteiger partial charge in [0.1, 0.15) is 0 Å². The Hall–Kier alpha value is -1.62. The van der Waals surface area contributed by atoms with Crippen molar-refractivity contribution >= 4 is 11.6 Å². The standard InChI is InChI=1S/C12H17N3O2/c1-15-8-10(4-5-12(15)17)14-11(16)7-9-3-2-6-13-9/h4-5,8-9,13H,2-3,6-7H2,1H3,(H,14,16). The molecule has 2 rings (SSSR count). The molecule has 0 aliphatic carbocycles. The Morgan fingerprint density at radius 2 is 2.41 bits per heavy atom. The molecule has 0 spiro atoms. The third kappa shape index (κ3) is 3.17. The number of aryl methyl sites for hydroxylation is 1. The number of carbonyl (C=O) groups excluding carboxylic acids is 1. The maximum absolute atomic E-state index is 11.7. The van der Waals surface area contributed by atoms with Gasteiger partial charge in [-0.2, -0.15) is 0 Å². The van der Waals surface area contributed by atoms with E-state index in [2.05, 4.69) is 10.6 Å². The molecule has 1 atom stereocenters. The lowest BCUT2D eigenvalue weighted by Gasteiger charge is -2.10. The molecule has 92 valence electrons. The van der Waals surface area contributed by atoms with Gasteiger partial charge < -0.3 is 15.2 Å². The second-order valence-corrected chi connectivity index (χ2v) is 4.41. The van der Waals surface area contributed by atoms with Crippen LogP contribution in [0.1, 0.15) is 19.3 Å². The van der Waals surface area contributed by atoms with Crippen molar-refractivity contribution in [1.82, 2.24) is 9.88 Å². The molecule has 0 radical (unpaired) electrons. The number of carbonyl (C=O) groups is 1. The van der Waals surface area contributed by atoms with Crippen molar-refractivity contribution in [2.75, 3.05) is 11.9 Å². The number of amides is 1. The van der Waals surface area contributed by atoms with Crippen LogP contribution in [0.2, 0.25) is 0 Å². The monoisotopic (exact) mass is 235 g/mol. The van der Waals surface area contributed by atoms with Crippen LogP contribution >= 0.6 is 0 Å². The molecule has 0 bridgehead atoms. The van der Waals surface area contributed by atoms with Crippen LogP contribution in [0.5, 0.6) is 0 Å². The summed E-state index contributed by atoms with van der Waals surface area (Å²) in [6.07, 6.45) is 4.31. The van der Waals surface area contributed by atoms with Crippen LogP contribution in [0.4, 0.5) is 5.69 Å². The van der Waals surface area contributed by atoms with Crippen molar-refractivity contribution in [3.8, 4) is 0 Å². The van der Waals surface area contributed by atoms with E-state index in [0.717, 1.165) is 19.4 Å². The lowest BCUT2D eigenvalue weighted by atomic mass is 10.1. The van der Waals surface area contributed by atoms with Crippen LogP contribution in [0.15, 0.2) is 23.1 Å². The number of anilines is 1. The molecule has 0 saturated carbocycles. The summed E-state index contributed by atoms with van der Waals surface area (Å²) >= 11 is 0. The zero-order chi connectivity index (χ0) is 12.3. The van der Waals surface area contributed by atoms with Gasteiger partial charge in [0.05, 0.1) is 5.69 Å². The molecule has 1 fully saturated rings. The topological polar surface area (TPSA) is 63.1 Å². The number of rotatable bonds is 3. The highest BCUT2D eigenvalue weighted by Gasteiger charge is 2.17. The van der Waals surface area contributed by atoms with Crippen LogP contribution in [0.3, 0.4) is 0 Å². The molecule has 1 aromatic heterocycles. The predicted octanol–water partition coefficient (Wildman–Crippen LogP) is 0.466. The maximum Gasteiger partial charge on any atom is 0.250 e. The fraction of sp³-hybridized carbons (Fsp3) is 0.500. The van der Waals surface area contributed by atoms with E-state index in [1.165, 1.54) is 10.6 Å². The molecule has 2 N–H and O–H groups in total. The van der Waals surface area contributed by atoms with Crippen molar-refractivity contribution in [1.29, 1.82) is 0 Å². The van der Waals surface area contributed by atoms with Crippen molar-refractivity contribution in [2.24, 2.45) is 7.05 Å². The van der Waals surface area contributed by atoms with E-state index in [-0.39, 0.29) is 11.5 Å². The highest BCUT2D eigenvalue weighted by atomic mass is 16.1. The highest BCUT2D eigenvalue weighted by Crippen LogP contribution is 2.10. The molecule has 1 unspecified atom stereocenters. The summed E-state index contributed by atoms with van der Waals surface area (Å²) < 4.78 is 1.45. The zero-order valence-corrected chi connectivity index (χ0v) is 9.90. The van der Waals surface area contributed by atoms with Gasteiger partial charge in [-0.25, -0.2) is 0 Å². The second-order valence-electron chi connectivity index (χ2n) is 4.41.